The molecule has 2 nitrogen and oxygen atoms in total. The third-order valence-corrected chi connectivity index (χ3v) is 3.33. The average Bonchev–Trinajstić information content (AvgIpc) is 2.35. The third-order valence-electron chi connectivity index (χ3n) is 2.80. The van der Waals surface area contributed by atoms with Gasteiger partial charge in [0, 0.05) is 23.2 Å². The van der Waals surface area contributed by atoms with Crippen LogP contribution in [-0.4, -0.2) is 11.9 Å². The maximum atomic E-state index is 5.68. The Kier molecular flexibility index (Phi) is 4.39. The lowest BCUT2D eigenvalue weighted by atomic mass is 10.1. The van der Waals surface area contributed by atoms with Crippen molar-refractivity contribution in [1.29, 1.82) is 0 Å². The van der Waals surface area contributed by atoms with Gasteiger partial charge in [-0.1, -0.05) is 40.2 Å². The van der Waals surface area contributed by atoms with Crippen LogP contribution in [-0.2, 0) is 13.1 Å². The second-order valence-corrected chi connectivity index (χ2v) is 5.46. The molecule has 2 aromatic rings. The van der Waals surface area contributed by atoms with Crippen LogP contribution in [0, 0.1) is 0 Å². The van der Waals surface area contributed by atoms with Crippen molar-refractivity contribution in [3.05, 3.63) is 64.1 Å². The van der Waals surface area contributed by atoms with Crippen LogP contribution >= 0.6 is 15.9 Å². The second-order valence-electron chi connectivity index (χ2n) is 4.54. The van der Waals surface area contributed by atoms with Gasteiger partial charge in [-0.25, -0.2) is 0 Å². The van der Waals surface area contributed by atoms with E-state index >= 15 is 0 Å². The van der Waals surface area contributed by atoms with Gasteiger partial charge in [0.1, 0.15) is 0 Å². The van der Waals surface area contributed by atoms with Gasteiger partial charge in [-0.3, -0.25) is 4.90 Å². The highest BCUT2D eigenvalue weighted by atomic mass is 79.9. The van der Waals surface area contributed by atoms with E-state index in [1.165, 1.54) is 11.1 Å². The van der Waals surface area contributed by atoms with Gasteiger partial charge in [-0.2, -0.15) is 0 Å². The van der Waals surface area contributed by atoms with Crippen molar-refractivity contribution in [2.45, 2.75) is 13.1 Å². The molecule has 3 heteroatoms. The number of hydrogen-bond acceptors (Lipinski definition) is 2. The molecule has 0 aliphatic rings. The Labute approximate surface area is 117 Å². The van der Waals surface area contributed by atoms with Crippen molar-refractivity contribution in [2.24, 2.45) is 0 Å². The standard InChI is InChI=1S/C15H17BrN2/c1-18(10-12-2-6-14(16)7-3-12)11-13-4-8-15(17)9-5-13/h2-9H,10-11,17H2,1H3. The molecular formula is C15H17BrN2. The Hall–Kier alpha value is -1.32. The van der Waals surface area contributed by atoms with Gasteiger partial charge < -0.3 is 5.73 Å². The van der Waals surface area contributed by atoms with Crippen LogP contribution in [0.1, 0.15) is 11.1 Å². The molecule has 0 saturated heterocycles. The fourth-order valence-electron chi connectivity index (χ4n) is 1.89. The summed E-state index contributed by atoms with van der Waals surface area (Å²) in [5.41, 5.74) is 9.09. The summed E-state index contributed by atoms with van der Waals surface area (Å²) < 4.78 is 1.12. The van der Waals surface area contributed by atoms with E-state index in [1.807, 2.05) is 12.1 Å². The fourth-order valence-corrected chi connectivity index (χ4v) is 2.16. The molecule has 0 atom stereocenters. The molecule has 0 spiro atoms. The Morgan fingerprint density at radius 1 is 0.889 bits per heavy atom. The van der Waals surface area contributed by atoms with Gasteiger partial charge in [0.2, 0.25) is 0 Å². The van der Waals surface area contributed by atoms with E-state index in [9.17, 15) is 0 Å². The summed E-state index contributed by atoms with van der Waals surface area (Å²) in [5.74, 6) is 0. The first-order chi connectivity index (χ1) is 8.63. The summed E-state index contributed by atoms with van der Waals surface area (Å²) in [7, 11) is 2.12. The van der Waals surface area contributed by atoms with Crippen LogP contribution in [0.4, 0.5) is 5.69 Å². The van der Waals surface area contributed by atoms with E-state index in [4.69, 9.17) is 5.73 Å². The first-order valence-electron chi connectivity index (χ1n) is 5.91. The molecule has 0 radical (unpaired) electrons. The number of halogens is 1. The van der Waals surface area contributed by atoms with Gasteiger partial charge in [-0.05, 0) is 42.4 Å². The molecule has 0 bridgehead atoms. The molecule has 94 valence electrons. The topological polar surface area (TPSA) is 29.3 Å². The maximum Gasteiger partial charge on any atom is 0.0314 e. The molecule has 0 fully saturated rings. The van der Waals surface area contributed by atoms with Gasteiger partial charge >= 0.3 is 0 Å². The lowest BCUT2D eigenvalue weighted by Gasteiger charge is -2.17. The highest BCUT2D eigenvalue weighted by Crippen LogP contribution is 2.13. The summed E-state index contributed by atoms with van der Waals surface area (Å²) in [6, 6.07) is 16.5. The second kappa shape index (κ2) is 6.03. The van der Waals surface area contributed by atoms with Crippen LogP contribution in [0.2, 0.25) is 0 Å². The average molecular weight is 305 g/mol. The Morgan fingerprint density at radius 3 is 1.83 bits per heavy atom. The number of anilines is 1. The predicted molar refractivity (Wildman–Crippen MR) is 80.2 cm³/mol. The molecule has 0 heterocycles. The molecule has 0 aliphatic heterocycles. The van der Waals surface area contributed by atoms with Gasteiger partial charge in [0.15, 0.2) is 0 Å². The first kappa shape index (κ1) is 13.1. The number of hydrogen-bond donors (Lipinski definition) is 1. The van der Waals surface area contributed by atoms with Gasteiger partial charge in [0.05, 0.1) is 0 Å². The minimum absolute atomic E-state index is 0.814. The van der Waals surface area contributed by atoms with Crippen molar-refractivity contribution >= 4 is 21.6 Å². The van der Waals surface area contributed by atoms with Crippen molar-refractivity contribution in [3.8, 4) is 0 Å². The number of nitrogens with two attached hydrogens (primary N) is 1. The summed E-state index contributed by atoms with van der Waals surface area (Å²) in [4.78, 5) is 2.29. The molecule has 2 aromatic carbocycles. The molecule has 2 N–H and O–H groups in total. The highest BCUT2D eigenvalue weighted by molar-refractivity contribution is 9.10. The summed E-state index contributed by atoms with van der Waals surface area (Å²) >= 11 is 3.45. The zero-order valence-corrected chi connectivity index (χ0v) is 12.0. The highest BCUT2D eigenvalue weighted by Gasteiger charge is 2.02. The molecule has 2 rings (SSSR count). The maximum absolute atomic E-state index is 5.68. The molecule has 0 saturated carbocycles. The number of nitrogens with zero attached hydrogens (tertiary/aromatic N) is 1. The van der Waals surface area contributed by atoms with Gasteiger partial charge in [-0.15, -0.1) is 0 Å². The van der Waals surface area contributed by atoms with Crippen LogP contribution in [0.3, 0.4) is 0 Å². The third kappa shape index (κ3) is 3.86. The van der Waals surface area contributed by atoms with Crippen molar-refractivity contribution in [2.75, 3.05) is 12.8 Å². The minimum atomic E-state index is 0.814. The zero-order chi connectivity index (χ0) is 13.0. The van der Waals surface area contributed by atoms with Crippen molar-refractivity contribution < 1.29 is 0 Å². The largest absolute Gasteiger partial charge is 0.399 e. The van der Waals surface area contributed by atoms with E-state index in [1.54, 1.807) is 0 Å². The van der Waals surface area contributed by atoms with Crippen molar-refractivity contribution in [1.82, 2.24) is 4.90 Å². The number of nitrogen functional groups attached to an aromatic ring is 1. The normalized spacial score (nSPS) is 10.8. The van der Waals surface area contributed by atoms with E-state index in [-0.39, 0.29) is 0 Å². The molecule has 0 aromatic heterocycles. The Balaban J connectivity index is 1.94. The predicted octanol–water partition coefficient (Wildman–Crippen LogP) is 3.66. The molecule has 18 heavy (non-hydrogen) atoms. The molecule has 0 amide bonds. The van der Waals surface area contributed by atoms with Gasteiger partial charge in [0.25, 0.3) is 0 Å². The fraction of sp³-hybridized carbons (Fsp3) is 0.200. The Morgan fingerprint density at radius 2 is 1.33 bits per heavy atom. The summed E-state index contributed by atoms with van der Waals surface area (Å²) in [6.07, 6.45) is 0. The number of rotatable bonds is 4. The SMILES string of the molecule is CN(Cc1ccc(N)cc1)Cc1ccc(Br)cc1. The van der Waals surface area contributed by atoms with Crippen molar-refractivity contribution in [3.63, 3.8) is 0 Å². The summed E-state index contributed by atoms with van der Waals surface area (Å²) in [6.45, 7) is 1.87. The van der Waals surface area contributed by atoms with E-state index in [0.717, 1.165) is 23.2 Å². The summed E-state index contributed by atoms with van der Waals surface area (Å²) in [5, 5.41) is 0. The van der Waals surface area contributed by atoms with E-state index < -0.39 is 0 Å². The lowest BCUT2D eigenvalue weighted by Crippen LogP contribution is -2.17. The number of benzene rings is 2. The van der Waals surface area contributed by atoms with Crippen LogP contribution in [0.15, 0.2) is 53.0 Å². The molecule has 0 aliphatic carbocycles. The molecule has 0 unspecified atom stereocenters. The first-order valence-corrected chi connectivity index (χ1v) is 6.70. The monoisotopic (exact) mass is 304 g/mol. The lowest BCUT2D eigenvalue weighted by molar-refractivity contribution is 0.319. The Bertz CT molecular complexity index is 443. The van der Waals surface area contributed by atoms with Crippen LogP contribution < -0.4 is 5.73 Å². The zero-order valence-electron chi connectivity index (χ0n) is 10.4. The van der Waals surface area contributed by atoms with E-state index in [0.29, 0.717) is 0 Å². The quantitative estimate of drug-likeness (QED) is 0.873. The van der Waals surface area contributed by atoms with Crippen LogP contribution in [0.5, 0.6) is 0 Å². The smallest absolute Gasteiger partial charge is 0.0314 e. The minimum Gasteiger partial charge on any atom is -0.399 e. The molecular weight excluding hydrogens is 288 g/mol. The van der Waals surface area contributed by atoms with Crippen LogP contribution in [0.25, 0.3) is 0 Å². The van der Waals surface area contributed by atoms with E-state index in [2.05, 4.69) is 64.3 Å².